The molecule has 20 heavy (non-hydrogen) atoms. The third kappa shape index (κ3) is 6.43. The molecule has 2 nitrogen and oxygen atoms in total. The first-order chi connectivity index (χ1) is 9.63. The summed E-state index contributed by atoms with van der Waals surface area (Å²) in [5.41, 5.74) is 2.30. The first kappa shape index (κ1) is 16.3. The fourth-order valence-electron chi connectivity index (χ4n) is 2.15. The first-order valence-corrected chi connectivity index (χ1v) is 7.37. The summed E-state index contributed by atoms with van der Waals surface area (Å²) < 4.78 is 0. The summed E-state index contributed by atoms with van der Waals surface area (Å²) in [5, 5.41) is 0. The van der Waals surface area contributed by atoms with E-state index in [4.69, 9.17) is 0 Å². The number of benzene rings is 1. The molecule has 0 aliphatic rings. The van der Waals surface area contributed by atoms with Gasteiger partial charge in [0.25, 0.3) is 0 Å². The lowest BCUT2D eigenvalue weighted by atomic mass is 10.1. The second kappa shape index (κ2) is 9.20. The molecule has 0 spiro atoms. The van der Waals surface area contributed by atoms with Crippen molar-refractivity contribution in [1.82, 2.24) is 0 Å². The van der Waals surface area contributed by atoms with Gasteiger partial charge in [-0.1, -0.05) is 18.8 Å². The fourth-order valence-corrected chi connectivity index (χ4v) is 2.15. The lowest BCUT2D eigenvalue weighted by molar-refractivity contribution is -0.117. The predicted octanol–water partition coefficient (Wildman–Crippen LogP) is 4.03. The zero-order chi connectivity index (χ0) is 14.8. The number of carbonyl (C=O) groups excluding carboxylic acids is 1. The predicted molar refractivity (Wildman–Crippen MR) is 86.0 cm³/mol. The summed E-state index contributed by atoms with van der Waals surface area (Å²) in [5.74, 6) is 6.26. The van der Waals surface area contributed by atoms with E-state index in [0.29, 0.717) is 5.78 Å². The Labute approximate surface area is 123 Å². The van der Waals surface area contributed by atoms with Gasteiger partial charge in [-0.2, -0.15) is 0 Å². The molecule has 0 aliphatic carbocycles. The van der Waals surface area contributed by atoms with Crippen molar-refractivity contribution in [3.63, 3.8) is 0 Å². The second-order valence-corrected chi connectivity index (χ2v) is 5.21. The molecule has 2 heteroatoms. The summed E-state index contributed by atoms with van der Waals surface area (Å²) in [4.78, 5) is 13.1. The Kier molecular flexibility index (Phi) is 7.50. The van der Waals surface area contributed by atoms with Crippen LogP contribution >= 0.6 is 0 Å². The van der Waals surface area contributed by atoms with Gasteiger partial charge in [0.2, 0.25) is 0 Å². The molecule has 0 saturated heterocycles. The average Bonchev–Trinajstić information content (AvgIpc) is 2.43. The SMILES string of the molecule is CC#Cc1ccc(N(C)CCCCCCC(C)=O)cc1. The van der Waals surface area contributed by atoms with Crippen LogP contribution in [0.5, 0.6) is 0 Å². The minimum absolute atomic E-state index is 0.303. The van der Waals surface area contributed by atoms with Gasteiger partial charge < -0.3 is 9.69 Å². The summed E-state index contributed by atoms with van der Waals surface area (Å²) in [6, 6.07) is 8.37. The fraction of sp³-hybridized carbons (Fsp3) is 0.500. The van der Waals surface area contributed by atoms with Gasteiger partial charge in [-0.15, -0.1) is 5.92 Å². The number of unbranched alkanes of at least 4 members (excludes halogenated alkanes) is 3. The molecule has 0 fully saturated rings. The average molecular weight is 271 g/mol. The zero-order valence-electron chi connectivity index (χ0n) is 12.9. The van der Waals surface area contributed by atoms with E-state index in [1.54, 1.807) is 6.92 Å². The van der Waals surface area contributed by atoms with Crippen LogP contribution in [0.3, 0.4) is 0 Å². The Morgan fingerprint density at radius 1 is 1.10 bits per heavy atom. The lowest BCUT2D eigenvalue weighted by Crippen LogP contribution is -2.18. The van der Waals surface area contributed by atoms with Crippen LogP contribution in [0.2, 0.25) is 0 Å². The molecule has 0 radical (unpaired) electrons. The van der Waals surface area contributed by atoms with Crippen molar-refractivity contribution in [1.29, 1.82) is 0 Å². The van der Waals surface area contributed by atoms with Gasteiger partial charge in [0.15, 0.2) is 0 Å². The van der Waals surface area contributed by atoms with Gasteiger partial charge in [0.05, 0.1) is 0 Å². The highest BCUT2D eigenvalue weighted by Crippen LogP contribution is 2.14. The van der Waals surface area contributed by atoms with Gasteiger partial charge in [-0.3, -0.25) is 0 Å². The van der Waals surface area contributed by atoms with E-state index >= 15 is 0 Å². The van der Waals surface area contributed by atoms with Crippen molar-refractivity contribution in [3.05, 3.63) is 29.8 Å². The first-order valence-electron chi connectivity index (χ1n) is 7.37. The minimum atomic E-state index is 0.303. The summed E-state index contributed by atoms with van der Waals surface area (Å²) >= 11 is 0. The summed E-state index contributed by atoms with van der Waals surface area (Å²) in [6.07, 6.45) is 5.28. The Bertz CT molecular complexity index is 464. The minimum Gasteiger partial charge on any atom is -0.375 e. The Balaban J connectivity index is 2.26. The standard InChI is InChI=1S/C18H25NO/c1-4-9-17-11-13-18(14-12-17)19(3)15-8-6-5-7-10-16(2)20/h11-14H,5-8,10,15H2,1-3H3. The topological polar surface area (TPSA) is 20.3 Å². The lowest BCUT2D eigenvalue weighted by Gasteiger charge is -2.19. The highest BCUT2D eigenvalue weighted by Gasteiger charge is 2.00. The third-order valence-electron chi connectivity index (χ3n) is 3.35. The molecule has 0 aliphatic heterocycles. The molecule has 0 heterocycles. The molecule has 1 rings (SSSR count). The molecule has 0 aromatic heterocycles. The molecule has 1 aromatic rings. The van der Waals surface area contributed by atoms with Crippen LogP contribution in [0.15, 0.2) is 24.3 Å². The Morgan fingerprint density at radius 2 is 1.75 bits per heavy atom. The van der Waals surface area contributed by atoms with Gasteiger partial charge in [-0.05, 0) is 51.0 Å². The highest BCUT2D eigenvalue weighted by atomic mass is 16.1. The number of nitrogens with zero attached hydrogens (tertiary/aromatic N) is 1. The zero-order valence-corrected chi connectivity index (χ0v) is 12.9. The molecule has 1 aromatic carbocycles. The number of hydrogen-bond acceptors (Lipinski definition) is 2. The van der Waals surface area contributed by atoms with Gasteiger partial charge in [0.1, 0.15) is 5.78 Å². The van der Waals surface area contributed by atoms with Crippen molar-refractivity contribution >= 4 is 11.5 Å². The summed E-state index contributed by atoms with van der Waals surface area (Å²) in [7, 11) is 2.12. The van der Waals surface area contributed by atoms with E-state index in [1.165, 1.54) is 18.5 Å². The van der Waals surface area contributed by atoms with Crippen molar-refractivity contribution in [2.75, 3.05) is 18.5 Å². The van der Waals surface area contributed by atoms with Crippen LogP contribution in [-0.2, 0) is 4.79 Å². The van der Waals surface area contributed by atoms with E-state index < -0.39 is 0 Å². The molecule has 0 amide bonds. The number of anilines is 1. The number of hydrogen-bond donors (Lipinski definition) is 0. The van der Waals surface area contributed by atoms with Crippen LogP contribution < -0.4 is 4.90 Å². The number of ketones is 1. The van der Waals surface area contributed by atoms with Crippen LogP contribution in [0, 0.1) is 11.8 Å². The smallest absolute Gasteiger partial charge is 0.129 e. The van der Waals surface area contributed by atoms with Crippen LogP contribution in [0.4, 0.5) is 5.69 Å². The maximum atomic E-state index is 10.8. The van der Waals surface area contributed by atoms with Crippen molar-refractivity contribution in [3.8, 4) is 11.8 Å². The number of Topliss-reactive ketones (excluding diaryl/α,β-unsaturated/α-hetero) is 1. The molecular weight excluding hydrogens is 246 g/mol. The maximum Gasteiger partial charge on any atom is 0.129 e. The van der Waals surface area contributed by atoms with Crippen molar-refractivity contribution < 1.29 is 4.79 Å². The molecule has 0 unspecified atom stereocenters. The van der Waals surface area contributed by atoms with Crippen molar-refractivity contribution in [2.24, 2.45) is 0 Å². The van der Waals surface area contributed by atoms with E-state index in [-0.39, 0.29) is 0 Å². The van der Waals surface area contributed by atoms with Crippen LogP contribution in [-0.4, -0.2) is 19.4 Å². The Hall–Kier alpha value is -1.75. The molecule has 108 valence electrons. The van der Waals surface area contributed by atoms with E-state index in [2.05, 4.69) is 48.1 Å². The van der Waals surface area contributed by atoms with Gasteiger partial charge in [-0.25, -0.2) is 0 Å². The van der Waals surface area contributed by atoms with Crippen molar-refractivity contribution in [2.45, 2.75) is 46.0 Å². The van der Waals surface area contributed by atoms with E-state index in [0.717, 1.165) is 31.4 Å². The molecular formula is C18H25NO. The number of rotatable bonds is 8. The molecule has 0 bridgehead atoms. The third-order valence-corrected chi connectivity index (χ3v) is 3.35. The highest BCUT2D eigenvalue weighted by molar-refractivity contribution is 5.75. The number of carbonyl (C=O) groups is 1. The quantitative estimate of drug-likeness (QED) is 0.525. The maximum absolute atomic E-state index is 10.8. The van der Waals surface area contributed by atoms with E-state index in [9.17, 15) is 4.79 Å². The normalized spacial score (nSPS) is 9.75. The van der Waals surface area contributed by atoms with E-state index in [1.807, 2.05) is 6.92 Å². The van der Waals surface area contributed by atoms with Crippen LogP contribution in [0.1, 0.15) is 51.5 Å². The van der Waals surface area contributed by atoms with Crippen LogP contribution in [0.25, 0.3) is 0 Å². The van der Waals surface area contributed by atoms with Gasteiger partial charge in [0, 0.05) is 31.3 Å². The Morgan fingerprint density at radius 3 is 2.35 bits per heavy atom. The monoisotopic (exact) mass is 271 g/mol. The van der Waals surface area contributed by atoms with Gasteiger partial charge >= 0.3 is 0 Å². The molecule has 0 atom stereocenters. The second-order valence-electron chi connectivity index (χ2n) is 5.21. The molecule has 0 saturated carbocycles. The summed E-state index contributed by atoms with van der Waals surface area (Å²) in [6.45, 7) is 4.57. The molecule has 0 N–H and O–H groups in total. The largest absolute Gasteiger partial charge is 0.375 e.